The molecule has 5 nitrogen and oxygen atoms in total. The van der Waals surface area contributed by atoms with E-state index < -0.39 is 46.9 Å². The maximum atomic E-state index is 12.9. The van der Waals surface area contributed by atoms with Gasteiger partial charge in [-0.2, -0.15) is 44.9 Å². The van der Waals surface area contributed by atoms with Crippen molar-refractivity contribution in [3.05, 3.63) is 11.8 Å². The van der Waals surface area contributed by atoms with E-state index in [0.717, 1.165) is 0 Å². The van der Waals surface area contributed by atoms with Crippen LogP contribution in [0.1, 0.15) is 5.56 Å². The Morgan fingerprint density at radius 3 is 2.00 bits per heavy atom. The van der Waals surface area contributed by atoms with Gasteiger partial charge in [0.15, 0.2) is 0 Å². The molecule has 1 N–H and O–H groups in total. The lowest BCUT2D eigenvalue weighted by atomic mass is 10.3. The molecule has 0 amide bonds. The average Bonchev–Trinajstić information content (AvgIpc) is 2.57. The summed E-state index contributed by atoms with van der Waals surface area (Å²) in [4.78, 5) is 10.1. The summed E-state index contributed by atoms with van der Waals surface area (Å²) in [6.45, 7) is 0. The van der Waals surface area contributed by atoms with E-state index in [1.54, 1.807) is 0 Å². The lowest BCUT2D eigenvalue weighted by Crippen LogP contribution is -2.40. The van der Waals surface area contributed by atoms with Gasteiger partial charge in [0.05, 0.1) is 6.20 Å². The van der Waals surface area contributed by atoms with E-state index in [0.29, 0.717) is 0 Å². The van der Waals surface area contributed by atoms with Gasteiger partial charge in [-0.1, -0.05) is 0 Å². The summed E-state index contributed by atoms with van der Waals surface area (Å²) in [5, 5.41) is 10.3. The molecule has 0 aliphatic heterocycles. The van der Waals surface area contributed by atoms with Gasteiger partial charge in [0.2, 0.25) is 5.88 Å². The molecule has 1 aromatic rings. The Morgan fingerprint density at radius 1 is 1.15 bits per heavy atom. The van der Waals surface area contributed by atoms with Gasteiger partial charge in [0, 0.05) is 0 Å². The van der Waals surface area contributed by atoms with E-state index in [-0.39, 0.29) is 0 Å². The quantitative estimate of drug-likeness (QED) is 0.673. The highest BCUT2D eigenvalue weighted by molar-refractivity contribution is 5.61. The van der Waals surface area contributed by atoms with E-state index in [9.17, 15) is 39.9 Å². The number of hydrogen-bond donors (Lipinski definition) is 1. The smallest absolute Gasteiger partial charge is 0.449 e. The molecule has 1 aromatic heterocycles. The molecule has 0 saturated heterocycles. The molecule has 0 aliphatic carbocycles. The van der Waals surface area contributed by atoms with Crippen molar-refractivity contribution in [3.8, 4) is 5.88 Å². The molecule has 114 valence electrons. The van der Waals surface area contributed by atoms with Crippen molar-refractivity contribution in [2.24, 2.45) is 0 Å². The molecule has 0 bridgehead atoms. The second kappa shape index (κ2) is 4.49. The molecule has 0 saturated carbocycles. The third-order valence-corrected chi connectivity index (χ3v) is 1.82. The van der Waals surface area contributed by atoms with Gasteiger partial charge >= 0.3 is 24.6 Å². The molecule has 1 heterocycles. The normalized spacial score (nSPS) is 13.4. The third kappa shape index (κ3) is 2.75. The Kier molecular flexibility index (Phi) is 3.58. The third-order valence-electron chi connectivity index (χ3n) is 1.82. The fraction of sp³-hybridized carbons (Fsp3) is 0.429. The summed E-state index contributed by atoms with van der Waals surface area (Å²) in [5.74, 6) is -2.28. The number of nitrogens with zero attached hydrogens (tertiary/aromatic N) is 2. The summed E-state index contributed by atoms with van der Waals surface area (Å²) in [6, 6.07) is -5.89. The van der Waals surface area contributed by atoms with Crippen molar-refractivity contribution in [3.63, 3.8) is 0 Å². The van der Waals surface area contributed by atoms with Crippen LogP contribution in [0.4, 0.5) is 39.9 Å². The van der Waals surface area contributed by atoms with Crippen LogP contribution in [-0.2, 0) is 12.2 Å². The highest BCUT2D eigenvalue weighted by Crippen LogP contribution is 2.45. The molecule has 0 radical (unpaired) electrons. The van der Waals surface area contributed by atoms with Crippen molar-refractivity contribution in [1.29, 1.82) is 0 Å². The number of carbonyl (C=O) groups is 1. The van der Waals surface area contributed by atoms with Crippen LogP contribution < -0.4 is 4.74 Å². The first-order chi connectivity index (χ1) is 8.78. The second-order valence-electron chi connectivity index (χ2n) is 3.18. The largest absolute Gasteiger partial charge is 0.512 e. The SMILES string of the molecule is O=C(O)Oc1c(C(F)(F)F)cnn1C(F)(F)C(F)(F)F. The number of carboxylic acid groups (broad SMARTS) is 1. The van der Waals surface area contributed by atoms with Gasteiger partial charge in [0.25, 0.3) is 0 Å². The predicted molar refractivity (Wildman–Crippen MR) is 42.1 cm³/mol. The molecule has 0 aromatic carbocycles. The molecule has 20 heavy (non-hydrogen) atoms. The first kappa shape index (κ1) is 16.0. The van der Waals surface area contributed by atoms with Gasteiger partial charge in [-0.05, 0) is 0 Å². The molecule has 0 fully saturated rings. The zero-order valence-corrected chi connectivity index (χ0v) is 8.76. The van der Waals surface area contributed by atoms with Gasteiger partial charge in [0.1, 0.15) is 5.56 Å². The van der Waals surface area contributed by atoms with E-state index in [1.165, 1.54) is 0 Å². The van der Waals surface area contributed by atoms with Crippen molar-refractivity contribution in [2.45, 2.75) is 18.4 Å². The Morgan fingerprint density at radius 2 is 1.65 bits per heavy atom. The van der Waals surface area contributed by atoms with Crippen LogP contribution in [-0.4, -0.2) is 27.2 Å². The lowest BCUT2D eigenvalue weighted by Gasteiger charge is -2.21. The molecule has 0 aliphatic rings. The molecule has 0 spiro atoms. The molecular weight excluding hydrogens is 312 g/mol. The van der Waals surface area contributed by atoms with Crippen LogP contribution in [0.15, 0.2) is 6.20 Å². The van der Waals surface area contributed by atoms with Crippen LogP contribution in [0.5, 0.6) is 5.88 Å². The van der Waals surface area contributed by atoms with Crippen LogP contribution in [0.25, 0.3) is 0 Å². The summed E-state index contributed by atoms with van der Waals surface area (Å²) < 4.78 is 101. The van der Waals surface area contributed by atoms with Crippen molar-refractivity contribution in [2.75, 3.05) is 0 Å². The van der Waals surface area contributed by atoms with Crippen molar-refractivity contribution >= 4 is 6.16 Å². The summed E-state index contributed by atoms with van der Waals surface area (Å²) in [6.07, 6.45) is -14.7. The molecule has 0 unspecified atom stereocenters. The average molecular weight is 314 g/mol. The number of aromatic nitrogens is 2. The first-order valence-electron chi connectivity index (χ1n) is 4.29. The fourth-order valence-corrected chi connectivity index (χ4v) is 1.03. The number of ether oxygens (including phenoxy) is 1. The van der Waals surface area contributed by atoms with E-state index in [2.05, 4.69) is 9.84 Å². The van der Waals surface area contributed by atoms with Crippen LogP contribution in [0.3, 0.4) is 0 Å². The Bertz CT molecular complexity index is 517. The topological polar surface area (TPSA) is 64.3 Å². The van der Waals surface area contributed by atoms with E-state index >= 15 is 0 Å². The highest BCUT2D eigenvalue weighted by Gasteiger charge is 2.62. The molecular formula is C7H2F8N2O3. The Labute approximate surface area is 103 Å². The van der Waals surface area contributed by atoms with Gasteiger partial charge < -0.3 is 9.84 Å². The first-order valence-corrected chi connectivity index (χ1v) is 4.29. The van der Waals surface area contributed by atoms with Gasteiger partial charge in [-0.3, -0.25) is 0 Å². The number of rotatable bonds is 2. The van der Waals surface area contributed by atoms with Gasteiger partial charge in [-0.25, -0.2) is 4.79 Å². The monoisotopic (exact) mass is 314 g/mol. The zero-order valence-electron chi connectivity index (χ0n) is 8.76. The number of halogens is 8. The Balaban J connectivity index is 3.50. The zero-order chi connectivity index (χ0) is 15.9. The minimum absolute atomic E-state index is 0.405. The molecule has 13 heteroatoms. The lowest BCUT2D eigenvalue weighted by molar-refractivity contribution is -0.329. The summed E-state index contributed by atoms with van der Waals surface area (Å²) in [7, 11) is 0. The van der Waals surface area contributed by atoms with Crippen LogP contribution in [0, 0.1) is 0 Å². The van der Waals surface area contributed by atoms with E-state index in [4.69, 9.17) is 5.11 Å². The van der Waals surface area contributed by atoms with Crippen molar-refractivity contribution < 1.29 is 49.8 Å². The Hall–Kier alpha value is -2.08. The van der Waals surface area contributed by atoms with Crippen LogP contribution >= 0.6 is 0 Å². The summed E-state index contributed by atoms with van der Waals surface area (Å²) >= 11 is 0. The van der Waals surface area contributed by atoms with E-state index in [1.807, 2.05) is 0 Å². The minimum Gasteiger partial charge on any atom is -0.449 e. The maximum Gasteiger partial charge on any atom is 0.512 e. The minimum atomic E-state index is -6.31. The second-order valence-corrected chi connectivity index (χ2v) is 3.18. The highest BCUT2D eigenvalue weighted by atomic mass is 19.4. The molecule has 1 rings (SSSR count). The summed E-state index contributed by atoms with van der Waals surface area (Å²) in [5.41, 5.74) is -2.19. The van der Waals surface area contributed by atoms with Crippen LogP contribution in [0.2, 0.25) is 0 Å². The number of hydrogen-bond acceptors (Lipinski definition) is 3. The van der Waals surface area contributed by atoms with Crippen molar-refractivity contribution in [1.82, 2.24) is 9.78 Å². The van der Waals surface area contributed by atoms with Gasteiger partial charge in [-0.15, -0.1) is 0 Å². The fourth-order valence-electron chi connectivity index (χ4n) is 1.03. The predicted octanol–water partition coefficient (Wildman–Crippen LogP) is 3.07. The maximum absolute atomic E-state index is 12.9. The standard InChI is InChI=1S/C7H2F8N2O3/c8-5(9,10)2-1-16-17(3(2)20-4(18)19)7(14,15)6(11,12)13/h1H,(H,18,19). The molecule has 0 atom stereocenters. The number of alkyl halides is 8.